The van der Waals surface area contributed by atoms with E-state index in [1.54, 1.807) is 0 Å². The molecule has 0 heterocycles. The summed E-state index contributed by atoms with van der Waals surface area (Å²) in [5, 5.41) is 0.315. The lowest BCUT2D eigenvalue weighted by atomic mass is 10.1. The van der Waals surface area contributed by atoms with Crippen molar-refractivity contribution in [2.75, 3.05) is 0 Å². The smallest absolute Gasteiger partial charge is 0.374 e. The molecule has 13 heavy (non-hydrogen) atoms. The van der Waals surface area contributed by atoms with Gasteiger partial charge in [0.15, 0.2) is 0 Å². The summed E-state index contributed by atoms with van der Waals surface area (Å²) in [7, 11) is 5.15. The Labute approximate surface area is 86.3 Å². The summed E-state index contributed by atoms with van der Waals surface area (Å²) in [5.41, 5.74) is 2.33. The standard InChI is InChI=1S/C10H13BOS/c1-7-3-4-10(12-11)9(5-7)6-8(2)13/h3-5,8,13H,6H2,1-2H3/t8-/m0/s1. The van der Waals surface area contributed by atoms with Crippen molar-refractivity contribution in [3.8, 4) is 5.75 Å². The molecule has 0 fully saturated rings. The first-order chi connectivity index (χ1) is 6.13. The Balaban J connectivity index is 2.94. The molecule has 68 valence electrons. The van der Waals surface area contributed by atoms with Gasteiger partial charge in [-0.05, 0) is 25.0 Å². The number of aryl methyl sites for hydroxylation is 1. The molecule has 0 saturated heterocycles. The molecule has 1 nitrogen and oxygen atoms in total. The molecule has 0 saturated carbocycles. The van der Waals surface area contributed by atoms with E-state index >= 15 is 0 Å². The largest absolute Gasteiger partial charge is 0.568 e. The van der Waals surface area contributed by atoms with Crippen molar-refractivity contribution in [3.05, 3.63) is 29.3 Å². The summed E-state index contributed by atoms with van der Waals surface area (Å²) in [6, 6.07) is 5.95. The zero-order valence-electron chi connectivity index (χ0n) is 7.95. The van der Waals surface area contributed by atoms with E-state index in [0.29, 0.717) is 5.25 Å². The first kappa shape index (κ1) is 10.5. The van der Waals surface area contributed by atoms with E-state index in [1.165, 1.54) is 5.56 Å². The van der Waals surface area contributed by atoms with Gasteiger partial charge in [-0.1, -0.05) is 24.6 Å². The third-order valence-electron chi connectivity index (χ3n) is 1.86. The van der Waals surface area contributed by atoms with Crippen LogP contribution in [0.4, 0.5) is 0 Å². The summed E-state index contributed by atoms with van der Waals surface area (Å²) >= 11 is 4.33. The summed E-state index contributed by atoms with van der Waals surface area (Å²) in [6.07, 6.45) is 0.872. The van der Waals surface area contributed by atoms with Crippen molar-refractivity contribution in [1.29, 1.82) is 0 Å². The molecule has 1 aromatic rings. The van der Waals surface area contributed by atoms with Gasteiger partial charge in [0, 0.05) is 5.25 Å². The molecule has 0 aliphatic rings. The predicted octanol–water partition coefficient (Wildman–Crippen LogP) is 2.32. The molecule has 0 aliphatic carbocycles. The summed E-state index contributed by atoms with van der Waals surface area (Å²) in [4.78, 5) is 0. The molecule has 1 rings (SSSR count). The fraction of sp³-hybridized carbons (Fsp3) is 0.400. The van der Waals surface area contributed by atoms with Gasteiger partial charge in [0.25, 0.3) is 0 Å². The van der Waals surface area contributed by atoms with Crippen LogP contribution in [0, 0.1) is 6.92 Å². The molecule has 1 atom stereocenters. The van der Waals surface area contributed by atoms with E-state index in [1.807, 2.05) is 26.0 Å². The molecule has 0 spiro atoms. The number of rotatable bonds is 3. The Morgan fingerprint density at radius 3 is 2.77 bits per heavy atom. The first-order valence-electron chi connectivity index (χ1n) is 4.28. The van der Waals surface area contributed by atoms with Gasteiger partial charge in [0.2, 0.25) is 0 Å². The topological polar surface area (TPSA) is 9.23 Å². The van der Waals surface area contributed by atoms with Gasteiger partial charge in [0.05, 0.1) is 0 Å². The van der Waals surface area contributed by atoms with Crippen LogP contribution in [0.3, 0.4) is 0 Å². The molecule has 2 radical (unpaired) electrons. The average molecular weight is 192 g/mol. The lowest BCUT2D eigenvalue weighted by Gasteiger charge is -2.11. The van der Waals surface area contributed by atoms with Crippen LogP contribution in [-0.4, -0.2) is 13.3 Å². The maximum atomic E-state index is 5.15. The van der Waals surface area contributed by atoms with E-state index in [2.05, 4.69) is 18.7 Å². The van der Waals surface area contributed by atoms with Crippen molar-refractivity contribution < 1.29 is 4.65 Å². The van der Waals surface area contributed by atoms with E-state index in [-0.39, 0.29) is 0 Å². The minimum absolute atomic E-state index is 0.315. The molecule has 1 aromatic carbocycles. The van der Waals surface area contributed by atoms with Crippen molar-refractivity contribution in [2.45, 2.75) is 25.5 Å². The van der Waals surface area contributed by atoms with Crippen LogP contribution in [0.25, 0.3) is 0 Å². The fourth-order valence-electron chi connectivity index (χ4n) is 1.30. The molecular weight excluding hydrogens is 179 g/mol. The minimum Gasteiger partial charge on any atom is -0.568 e. The highest BCUT2D eigenvalue weighted by Crippen LogP contribution is 2.21. The SMILES string of the molecule is [B]Oc1ccc(C)cc1C[C@H](C)S. The van der Waals surface area contributed by atoms with Crippen molar-refractivity contribution >= 4 is 20.7 Å². The number of hydrogen-bond acceptors (Lipinski definition) is 2. The molecule has 0 N–H and O–H groups in total. The predicted molar refractivity (Wildman–Crippen MR) is 59.7 cm³/mol. The zero-order valence-corrected chi connectivity index (χ0v) is 8.84. The summed E-state index contributed by atoms with van der Waals surface area (Å²) < 4.78 is 4.77. The number of thiol groups is 1. The van der Waals surface area contributed by atoms with Gasteiger partial charge in [0.1, 0.15) is 5.75 Å². The average Bonchev–Trinajstić information content (AvgIpc) is 2.03. The Bertz CT molecular complexity index is 286. The quantitative estimate of drug-likeness (QED) is 0.571. The van der Waals surface area contributed by atoms with Crippen molar-refractivity contribution in [1.82, 2.24) is 0 Å². The second kappa shape index (κ2) is 4.61. The van der Waals surface area contributed by atoms with Crippen LogP contribution in [0.5, 0.6) is 5.75 Å². The van der Waals surface area contributed by atoms with Gasteiger partial charge in [-0.2, -0.15) is 12.6 Å². The van der Waals surface area contributed by atoms with Crippen LogP contribution in [0.15, 0.2) is 18.2 Å². The number of benzene rings is 1. The minimum atomic E-state index is 0.315. The van der Waals surface area contributed by atoms with Crippen LogP contribution >= 0.6 is 12.6 Å². The monoisotopic (exact) mass is 192 g/mol. The van der Waals surface area contributed by atoms with E-state index in [0.717, 1.165) is 17.7 Å². The number of hydrogen-bond donors (Lipinski definition) is 1. The van der Waals surface area contributed by atoms with Gasteiger partial charge >= 0.3 is 8.05 Å². The maximum absolute atomic E-state index is 5.15. The van der Waals surface area contributed by atoms with Crippen LogP contribution < -0.4 is 4.65 Å². The van der Waals surface area contributed by atoms with Crippen molar-refractivity contribution in [3.63, 3.8) is 0 Å². The lowest BCUT2D eigenvalue weighted by Crippen LogP contribution is -2.01. The highest BCUT2D eigenvalue weighted by Gasteiger charge is 2.04. The highest BCUT2D eigenvalue weighted by atomic mass is 32.1. The third-order valence-corrected chi connectivity index (χ3v) is 2.04. The van der Waals surface area contributed by atoms with Gasteiger partial charge < -0.3 is 4.65 Å². The molecule has 0 aliphatic heterocycles. The Morgan fingerprint density at radius 2 is 2.23 bits per heavy atom. The highest BCUT2D eigenvalue weighted by molar-refractivity contribution is 7.80. The summed E-state index contributed by atoms with van der Waals surface area (Å²) in [5.74, 6) is 0.742. The first-order valence-corrected chi connectivity index (χ1v) is 4.79. The van der Waals surface area contributed by atoms with Crippen LogP contribution in [-0.2, 0) is 6.42 Å². The Hall–Kier alpha value is -0.565. The normalized spacial score (nSPS) is 12.5. The third kappa shape index (κ3) is 3.00. The van der Waals surface area contributed by atoms with Crippen molar-refractivity contribution in [2.24, 2.45) is 0 Å². The summed E-state index contributed by atoms with van der Waals surface area (Å²) in [6.45, 7) is 4.10. The zero-order chi connectivity index (χ0) is 9.84. The Morgan fingerprint density at radius 1 is 1.54 bits per heavy atom. The lowest BCUT2D eigenvalue weighted by molar-refractivity contribution is 0.604. The molecule has 3 heteroatoms. The fourth-order valence-corrected chi connectivity index (χ4v) is 1.50. The van der Waals surface area contributed by atoms with Gasteiger partial charge in [-0.15, -0.1) is 0 Å². The molecule has 0 aromatic heterocycles. The van der Waals surface area contributed by atoms with E-state index in [9.17, 15) is 0 Å². The van der Waals surface area contributed by atoms with E-state index in [4.69, 9.17) is 12.7 Å². The van der Waals surface area contributed by atoms with Gasteiger partial charge in [-0.25, -0.2) is 0 Å². The second-order valence-electron chi connectivity index (χ2n) is 3.28. The van der Waals surface area contributed by atoms with E-state index < -0.39 is 0 Å². The maximum Gasteiger partial charge on any atom is 0.374 e. The van der Waals surface area contributed by atoms with Gasteiger partial charge in [-0.3, -0.25) is 0 Å². The molecular formula is C10H13BOS. The second-order valence-corrected chi connectivity index (χ2v) is 4.16. The molecule has 0 bridgehead atoms. The Kier molecular flexibility index (Phi) is 3.73. The molecule has 0 unspecified atom stereocenters. The van der Waals surface area contributed by atoms with Crippen LogP contribution in [0.2, 0.25) is 0 Å². The molecule has 0 amide bonds. The van der Waals surface area contributed by atoms with Crippen LogP contribution in [0.1, 0.15) is 18.1 Å².